The molecule has 0 fully saturated rings. The van der Waals surface area contributed by atoms with E-state index in [0.717, 1.165) is 6.07 Å². The van der Waals surface area contributed by atoms with Crippen LogP contribution in [0.3, 0.4) is 0 Å². The molecule has 0 aromatic carbocycles. The first-order valence-corrected chi connectivity index (χ1v) is 5.10. The van der Waals surface area contributed by atoms with Crippen LogP contribution in [0.4, 0.5) is 24.8 Å². The summed E-state index contributed by atoms with van der Waals surface area (Å²) in [5.41, 5.74) is -0.905. The molecule has 0 aliphatic heterocycles. The maximum Gasteiger partial charge on any atom is 0.417 e. The molecule has 8 heteroatoms. The molecule has 1 N–H and O–H groups in total. The number of halogens is 4. The minimum Gasteiger partial charge on any atom is -0.322 e. The Morgan fingerprint density at radius 1 is 1.11 bits per heavy atom. The van der Waals surface area contributed by atoms with Gasteiger partial charge in [0.1, 0.15) is 11.6 Å². The van der Waals surface area contributed by atoms with Gasteiger partial charge in [0.05, 0.1) is 16.8 Å². The molecule has 2 rings (SSSR count). The zero-order valence-corrected chi connectivity index (χ0v) is 9.50. The Kier molecular flexibility index (Phi) is 3.33. The predicted molar refractivity (Wildman–Crippen MR) is 59.6 cm³/mol. The first kappa shape index (κ1) is 12.6. The Bertz CT molecular complexity index is 545. The first-order valence-electron chi connectivity index (χ1n) is 4.72. The van der Waals surface area contributed by atoms with Gasteiger partial charge in [-0.15, -0.1) is 0 Å². The molecule has 0 saturated heterocycles. The van der Waals surface area contributed by atoms with Crippen LogP contribution < -0.4 is 5.32 Å². The molecule has 2 aromatic heterocycles. The fourth-order valence-corrected chi connectivity index (χ4v) is 1.38. The van der Waals surface area contributed by atoms with E-state index in [9.17, 15) is 13.2 Å². The van der Waals surface area contributed by atoms with Crippen LogP contribution in [0.5, 0.6) is 0 Å². The lowest BCUT2D eigenvalue weighted by atomic mass is 10.3. The molecule has 18 heavy (non-hydrogen) atoms. The summed E-state index contributed by atoms with van der Waals surface area (Å²) in [7, 11) is 0. The number of hydrogen-bond donors (Lipinski definition) is 1. The summed E-state index contributed by atoms with van der Waals surface area (Å²) >= 11 is 5.71. The third kappa shape index (κ3) is 2.86. The van der Waals surface area contributed by atoms with Gasteiger partial charge in [-0.05, 0) is 6.07 Å². The van der Waals surface area contributed by atoms with Crippen LogP contribution >= 0.6 is 11.6 Å². The van der Waals surface area contributed by atoms with Crippen LogP contribution in [0.2, 0.25) is 5.02 Å². The third-order valence-electron chi connectivity index (χ3n) is 1.98. The summed E-state index contributed by atoms with van der Waals surface area (Å²) in [5.74, 6) is 0.428. The third-order valence-corrected chi connectivity index (χ3v) is 2.27. The van der Waals surface area contributed by atoms with Crippen molar-refractivity contribution in [3.05, 3.63) is 41.4 Å². The Hall–Kier alpha value is -1.89. The molecule has 0 atom stereocenters. The highest BCUT2D eigenvalue weighted by molar-refractivity contribution is 6.33. The van der Waals surface area contributed by atoms with Gasteiger partial charge in [-0.25, -0.2) is 9.97 Å². The molecule has 0 saturated carbocycles. The van der Waals surface area contributed by atoms with Gasteiger partial charge in [-0.1, -0.05) is 11.6 Å². The topological polar surface area (TPSA) is 50.7 Å². The molecule has 4 nitrogen and oxygen atoms in total. The molecule has 2 heterocycles. The van der Waals surface area contributed by atoms with E-state index in [-0.39, 0.29) is 10.8 Å². The quantitative estimate of drug-likeness (QED) is 0.913. The standard InChI is InChI=1S/C10H6ClF3N4/c11-7-3-6(10(12,13)14)4-17-9(7)18-8-5-15-1-2-16-8/h1-5H,(H,16,17,18). The van der Waals surface area contributed by atoms with Gasteiger partial charge in [-0.3, -0.25) is 4.98 Å². The van der Waals surface area contributed by atoms with Gasteiger partial charge in [0.25, 0.3) is 0 Å². The lowest BCUT2D eigenvalue weighted by Crippen LogP contribution is -2.06. The number of rotatable bonds is 2. The molecule has 0 unspecified atom stereocenters. The fourth-order valence-electron chi connectivity index (χ4n) is 1.17. The van der Waals surface area contributed by atoms with Crippen LogP contribution in [0, 0.1) is 0 Å². The van der Waals surface area contributed by atoms with Gasteiger partial charge in [0.15, 0.2) is 0 Å². The number of nitrogens with one attached hydrogen (secondary N) is 1. The van der Waals surface area contributed by atoms with Crippen molar-refractivity contribution in [2.75, 3.05) is 5.32 Å². The molecule has 0 aliphatic carbocycles. The van der Waals surface area contributed by atoms with Crippen molar-refractivity contribution < 1.29 is 13.2 Å². The molecule has 2 aromatic rings. The number of pyridine rings is 1. The SMILES string of the molecule is FC(F)(F)c1cnc(Nc2cnccn2)c(Cl)c1. The van der Waals surface area contributed by atoms with Crippen molar-refractivity contribution in [1.29, 1.82) is 0 Å². The summed E-state index contributed by atoms with van der Waals surface area (Å²) < 4.78 is 37.2. The lowest BCUT2D eigenvalue weighted by molar-refractivity contribution is -0.137. The Labute approximate surface area is 105 Å². The second-order valence-electron chi connectivity index (χ2n) is 3.27. The van der Waals surface area contributed by atoms with E-state index in [4.69, 9.17) is 11.6 Å². The van der Waals surface area contributed by atoms with E-state index in [0.29, 0.717) is 12.0 Å². The molecular weight excluding hydrogens is 269 g/mol. The van der Waals surface area contributed by atoms with E-state index < -0.39 is 11.7 Å². The van der Waals surface area contributed by atoms with Crippen LogP contribution in [0.15, 0.2) is 30.9 Å². The zero-order chi connectivity index (χ0) is 13.2. The van der Waals surface area contributed by atoms with Crippen LogP contribution in [0.1, 0.15) is 5.56 Å². The first-order chi connectivity index (χ1) is 8.47. The van der Waals surface area contributed by atoms with E-state index in [1.54, 1.807) is 0 Å². The van der Waals surface area contributed by atoms with Crippen molar-refractivity contribution in [1.82, 2.24) is 15.0 Å². The molecule has 0 radical (unpaired) electrons. The van der Waals surface area contributed by atoms with Gasteiger partial charge in [0, 0.05) is 18.6 Å². The fraction of sp³-hybridized carbons (Fsp3) is 0.100. The Balaban J connectivity index is 2.26. The molecule has 0 spiro atoms. The highest BCUT2D eigenvalue weighted by Crippen LogP contribution is 2.32. The minimum absolute atomic E-state index is 0.0881. The van der Waals surface area contributed by atoms with E-state index >= 15 is 0 Å². The highest BCUT2D eigenvalue weighted by atomic mass is 35.5. The smallest absolute Gasteiger partial charge is 0.322 e. The molecular formula is C10H6ClF3N4. The summed E-state index contributed by atoms with van der Waals surface area (Å²) in [6.45, 7) is 0. The molecule has 0 aliphatic rings. The molecule has 94 valence electrons. The van der Waals surface area contributed by atoms with Gasteiger partial charge in [0.2, 0.25) is 0 Å². The average Bonchev–Trinajstić information content (AvgIpc) is 2.32. The zero-order valence-electron chi connectivity index (χ0n) is 8.74. The lowest BCUT2D eigenvalue weighted by Gasteiger charge is -2.09. The van der Waals surface area contributed by atoms with Crippen molar-refractivity contribution in [2.45, 2.75) is 6.18 Å². The number of nitrogens with zero attached hydrogens (tertiary/aromatic N) is 3. The Morgan fingerprint density at radius 2 is 1.89 bits per heavy atom. The largest absolute Gasteiger partial charge is 0.417 e. The normalized spacial score (nSPS) is 11.3. The maximum atomic E-state index is 12.4. The summed E-state index contributed by atoms with van der Waals surface area (Å²) in [5, 5.41) is 2.52. The van der Waals surface area contributed by atoms with Gasteiger partial charge < -0.3 is 5.32 Å². The van der Waals surface area contributed by atoms with Gasteiger partial charge >= 0.3 is 6.18 Å². The number of aromatic nitrogens is 3. The van der Waals surface area contributed by atoms with Gasteiger partial charge in [-0.2, -0.15) is 13.2 Å². The van der Waals surface area contributed by atoms with Crippen LogP contribution in [-0.4, -0.2) is 15.0 Å². The average molecular weight is 275 g/mol. The second-order valence-corrected chi connectivity index (χ2v) is 3.68. The Morgan fingerprint density at radius 3 is 2.44 bits per heavy atom. The summed E-state index contributed by atoms with van der Waals surface area (Å²) in [6.07, 6.45) is 0.523. The van der Waals surface area contributed by atoms with Crippen molar-refractivity contribution in [2.24, 2.45) is 0 Å². The van der Waals surface area contributed by atoms with Crippen molar-refractivity contribution in [3.8, 4) is 0 Å². The number of anilines is 2. The number of hydrogen-bond acceptors (Lipinski definition) is 4. The van der Waals surface area contributed by atoms with Crippen LogP contribution in [0.25, 0.3) is 0 Å². The molecule has 0 bridgehead atoms. The second kappa shape index (κ2) is 4.77. The number of alkyl halides is 3. The highest BCUT2D eigenvalue weighted by Gasteiger charge is 2.31. The van der Waals surface area contributed by atoms with E-state index in [2.05, 4.69) is 20.3 Å². The van der Waals surface area contributed by atoms with E-state index in [1.165, 1.54) is 18.6 Å². The minimum atomic E-state index is -4.47. The van der Waals surface area contributed by atoms with Crippen molar-refractivity contribution >= 4 is 23.2 Å². The van der Waals surface area contributed by atoms with E-state index in [1.807, 2.05) is 0 Å². The van der Waals surface area contributed by atoms with Crippen molar-refractivity contribution in [3.63, 3.8) is 0 Å². The molecule has 0 amide bonds. The summed E-state index contributed by atoms with van der Waals surface area (Å²) in [4.78, 5) is 11.3. The summed E-state index contributed by atoms with van der Waals surface area (Å²) in [6, 6.07) is 0.799. The predicted octanol–water partition coefficient (Wildman–Crippen LogP) is 3.29. The van der Waals surface area contributed by atoms with Crippen LogP contribution in [-0.2, 0) is 6.18 Å². The maximum absolute atomic E-state index is 12.4. The monoisotopic (exact) mass is 274 g/mol.